The van der Waals surface area contributed by atoms with E-state index in [1.165, 1.54) is 0 Å². The maximum Gasteiger partial charge on any atom is 0.408 e. The minimum absolute atomic E-state index is 0.00409. The fourth-order valence-electron chi connectivity index (χ4n) is 5.84. The van der Waals surface area contributed by atoms with E-state index in [1.807, 2.05) is 32.0 Å². The van der Waals surface area contributed by atoms with Crippen LogP contribution in [0.15, 0.2) is 18.2 Å². The van der Waals surface area contributed by atoms with Gasteiger partial charge in [0.25, 0.3) is 0 Å². The van der Waals surface area contributed by atoms with Crippen LogP contribution < -0.4 is 16.4 Å². The van der Waals surface area contributed by atoms with E-state index in [0.717, 1.165) is 80.9 Å². The molecular formula is C34H56N4O5. The van der Waals surface area contributed by atoms with E-state index in [1.54, 1.807) is 25.7 Å². The highest BCUT2D eigenvalue weighted by Crippen LogP contribution is 2.30. The fourth-order valence-corrected chi connectivity index (χ4v) is 5.84. The van der Waals surface area contributed by atoms with Gasteiger partial charge in [0.15, 0.2) is 0 Å². The molecule has 2 atom stereocenters. The molecule has 1 aliphatic carbocycles. The van der Waals surface area contributed by atoms with Crippen LogP contribution in [0.5, 0.6) is 0 Å². The molecule has 1 fully saturated rings. The van der Waals surface area contributed by atoms with Gasteiger partial charge in [-0.05, 0) is 77.0 Å². The monoisotopic (exact) mass is 600 g/mol. The molecule has 242 valence electrons. The van der Waals surface area contributed by atoms with Crippen LogP contribution in [0.2, 0.25) is 0 Å². The number of carbonyl (C=O) groups excluding carboxylic acids is 4. The van der Waals surface area contributed by atoms with Gasteiger partial charge >= 0.3 is 6.09 Å². The zero-order valence-electron chi connectivity index (χ0n) is 27.4. The van der Waals surface area contributed by atoms with E-state index in [4.69, 9.17) is 10.5 Å². The minimum Gasteiger partial charge on any atom is -0.444 e. The van der Waals surface area contributed by atoms with Crippen LogP contribution in [0.3, 0.4) is 0 Å². The second-order valence-electron chi connectivity index (χ2n) is 13.1. The Morgan fingerprint density at radius 2 is 1.58 bits per heavy atom. The molecule has 2 rings (SSSR count). The van der Waals surface area contributed by atoms with Crippen molar-refractivity contribution in [2.75, 3.05) is 6.54 Å². The molecule has 0 radical (unpaired) electrons. The van der Waals surface area contributed by atoms with Crippen molar-refractivity contribution in [1.82, 2.24) is 15.5 Å². The average Bonchev–Trinajstić information content (AvgIpc) is 2.92. The summed E-state index contributed by atoms with van der Waals surface area (Å²) >= 11 is 0. The van der Waals surface area contributed by atoms with Gasteiger partial charge in [-0.1, -0.05) is 76.5 Å². The molecule has 1 saturated carbocycles. The van der Waals surface area contributed by atoms with Gasteiger partial charge in [-0.3, -0.25) is 14.4 Å². The van der Waals surface area contributed by atoms with Crippen molar-refractivity contribution in [3.8, 4) is 0 Å². The molecule has 1 aromatic rings. The van der Waals surface area contributed by atoms with Crippen molar-refractivity contribution in [2.45, 2.75) is 149 Å². The number of primary amides is 1. The van der Waals surface area contributed by atoms with E-state index in [2.05, 4.69) is 17.6 Å². The molecule has 0 bridgehead atoms. The summed E-state index contributed by atoms with van der Waals surface area (Å²) in [5.41, 5.74) is 7.30. The lowest BCUT2D eigenvalue weighted by atomic mass is 9.91. The highest BCUT2D eigenvalue weighted by atomic mass is 16.6. The highest BCUT2D eigenvalue weighted by Gasteiger charge is 2.38. The first-order chi connectivity index (χ1) is 20.3. The van der Waals surface area contributed by atoms with Crippen LogP contribution in [0, 0.1) is 13.8 Å². The Morgan fingerprint density at radius 3 is 2.16 bits per heavy atom. The van der Waals surface area contributed by atoms with E-state index in [0.29, 0.717) is 13.0 Å². The van der Waals surface area contributed by atoms with Crippen LogP contribution in [0.4, 0.5) is 4.79 Å². The minimum atomic E-state index is -1.09. The average molecular weight is 601 g/mol. The number of hydrogen-bond acceptors (Lipinski definition) is 5. The van der Waals surface area contributed by atoms with Crippen molar-refractivity contribution in [3.05, 3.63) is 34.9 Å². The van der Waals surface area contributed by atoms with Gasteiger partial charge in [0.1, 0.15) is 17.7 Å². The molecule has 0 heterocycles. The number of rotatable bonds is 16. The van der Waals surface area contributed by atoms with Crippen LogP contribution in [-0.4, -0.2) is 52.9 Å². The number of unbranched alkanes of at least 4 members (excludes halogenated alkanes) is 5. The number of hydrogen-bond donors (Lipinski definition) is 3. The summed E-state index contributed by atoms with van der Waals surface area (Å²) in [6, 6.07) is 3.95. The van der Waals surface area contributed by atoms with Gasteiger partial charge in [-0.15, -0.1) is 0 Å². The van der Waals surface area contributed by atoms with Gasteiger partial charge in [0, 0.05) is 19.0 Å². The Hall–Kier alpha value is -3.10. The third-order valence-electron chi connectivity index (χ3n) is 8.03. The maximum atomic E-state index is 14.5. The number of ether oxygens (including phenoxy) is 1. The first kappa shape index (κ1) is 36.1. The van der Waals surface area contributed by atoms with Gasteiger partial charge in [-0.25, -0.2) is 4.79 Å². The molecule has 0 saturated heterocycles. The van der Waals surface area contributed by atoms with E-state index in [9.17, 15) is 19.2 Å². The summed E-state index contributed by atoms with van der Waals surface area (Å²) in [5.74, 6) is -1.21. The molecule has 2 unspecified atom stereocenters. The summed E-state index contributed by atoms with van der Waals surface area (Å²) in [6.07, 6.45) is 10.3. The fraction of sp³-hybridized carbons (Fsp3) is 0.706. The van der Waals surface area contributed by atoms with Crippen molar-refractivity contribution in [1.29, 1.82) is 0 Å². The van der Waals surface area contributed by atoms with Gasteiger partial charge in [0.2, 0.25) is 17.7 Å². The third kappa shape index (κ3) is 12.6. The standard InChI is InChI=1S/C34H56N4O5/c1-7-8-9-10-11-15-23-38(32(41)27(21-22-28(35)39)37-33(42)43-34(4,5)6)30(29-24(2)17-16-18-25(29)3)31(40)36-26-19-13-12-14-20-26/h16-18,26-27,30H,7-15,19-23H2,1-6H3,(H2,35,39)(H,36,40)(H,37,42). The Balaban J connectivity index is 2.52. The second kappa shape index (κ2) is 17.9. The van der Waals surface area contributed by atoms with Crippen molar-refractivity contribution < 1.29 is 23.9 Å². The Labute approximate surface area is 259 Å². The summed E-state index contributed by atoms with van der Waals surface area (Å²) in [6.45, 7) is 11.6. The summed E-state index contributed by atoms with van der Waals surface area (Å²) in [7, 11) is 0. The SMILES string of the molecule is CCCCCCCCN(C(=O)C(CCC(N)=O)NC(=O)OC(C)(C)C)C(C(=O)NC1CCCCC1)c1c(C)cccc1C. The molecule has 9 heteroatoms. The number of nitrogens with one attached hydrogen (secondary N) is 2. The van der Waals surface area contributed by atoms with Gasteiger partial charge < -0.3 is 26.0 Å². The van der Waals surface area contributed by atoms with Crippen LogP contribution in [0.1, 0.15) is 134 Å². The molecule has 1 aliphatic rings. The smallest absolute Gasteiger partial charge is 0.408 e. The van der Waals surface area contributed by atoms with Gasteiger partial charge in [-0.2, -0.15) is 0 Å². The van der Waals surface area contributed by atoms with Crippen LogP contribution in [-0.2, 0) is 19.1 Å². The first-order valence-corrected chi connectivity index (χ1v) is 16.3. The number of nitrogens with zero attached hydrogens (tertiary/aromatic N) is 1. The summed E-state index contributed by atoms with van der Waals surface area (Å²) in [5, 5.41) is 5.96. The van der Waals surface area contributed by atoms with E-state index < -0.39 is 35.6 Å². The Morgan fingerprint density at radius 1 is 0.977 bits per heavy atom. The molecular weight excluding hydrogens is 544 g/mol. The number of amides is 4. The predicted molar refractivity (Wildman–Crippen MR) is 170 cm³/mol. The van der Waals surface area contributed by atoms with Gasteiger partial charge in [0.05, 0.1) is 0 Å². The zero-order chi connectivity index (χ0) is 32.0. The maximum absolute atomic E-state index is 14.5. The van der Waals surface area contributed by atoms with E-state index >= 15 is 0 Å². The number of carbonyl (C=O) groups is 4. The topological polar surface area (TPSA) is 131 Å². The lowest BCUT2D eigenvalue weighted by molar-refractivity contribution is -0.143. The largest absolute Gasteiger partial charge is 0.444 e. The molecule has 43 heavy (non-hydrogen) atoms. The molecule has 4 amide bonds. The highest BCUT2D eigenvalue weighted by molar-refractivity contribution is 5.93. The Bertz CT molecular complexity index is 1040. The first-order valence-electron chi connectivity index (χ1n) is 16.3. The number of benzene rings is 1. The molecule has 0 spiro atoms. The molecule has 1 aromatic carbocycles. The molecule has 9 nitrogen and oxygen atoms in total. The quantitative estimate of drug-likeness (QED) is 0.196. The number of aryl methyl sites for hydroxylation is 2. The summed E-state index contributed by atoms with van der Waals surface area (Å²) < 4.78 is 5.46. The Kier molecular flexibility index (Phi) is 15.0. The number of alkyl carbamates (subject to hydrolysis) is 1. The third-order valence-corrected chi connectivity index (χ3v) is 8.03. The molecule has 0 aromatic heterocycles. The van der Waals surface area contributed by atoms with Crippen LogP contribution in [0.25, 0.3) is 0 Å². The lowest BCUT2D eigenvalue weighted by Gasteiger charge is -2.37. The van der Waals surface area contributed by atoms with E-state index in [-0.39, 0.29) is 24.8 Å². The molecule has 4 N–H and O–H groups in total. The van der Waals surface area contributed by atoms with Crippen LogP contribution >= 0.6 is 0 Å². The summed E-state index contributed by atoms with van der Waals surface area (Å²) in [4.78, 5) is 55.0. The van der Waals surface area contributed by atoms with Crippen molar-refractivity contribution >= 4 is 23.8 Å². The van der Waals surface area contributed by atoms with Crippen molar-refractivity contribution in [3.63, 3.8) is 0 Å². The molecule has 0 aliphatic heterocycles. The number of nitrogens with two attached hydrogens (primary N) is 1. The predicted octanol–water partition coefficient (Wildman–Crippen LogP) is 6.14. The van der Waals surface area contributed by atoms with Crippen molar-refractivity contribution in [2.24, 2.45) is 5.73 Å². The second-order valence-corrected chi connectivity index (χ2v) is 13.1. The lowest BCUT2D eigenvalue weighted by Crippen LogP contribution is -2.54. The zero-order valence-corrected chi connectivity index (χ0v) is 27.4. The normalized spacial score (nSPS) is 15.3.